The zero-order valence-electron chi connectivity index (χ0n) is 11.1. The first-order valence-corrected chi connectivity index (χ1v) is 6.81. The van der Waals surface area contributed by atoms with Crippen LogP contribution in [0.2, 0.25) is 0 Å². The van der Waals surface area contributed by atoms with Crippen molar-refractivity contribution < 1.29 is 9.90 Å². The molecule has 0 unspecified atom stereocenters. The van der Waals surface area contributed by atoms with Gasteiger partial charge in [-0.1, -0.05) is 12.1 Å². The molecule has 2 aromatic rings. The van der Waals surface area contributed by atoms with Crippen LogP contribution in [0.4, 0.5) is 0 Å². The van der Waals surface area contributed by atoms with E-state index in [9.17, 15) is 9.90 Å². The quantitative estimate of drug-likeness (QED) is 0.868. The number of hydrogen-bond donors (Lipinski definition) is 1. The first-order chi connectivity index (χ1) is 9.72. The van der Waals surface area contributed by atoms with Crippen LogP contribution in [0.15, 0.2) is 48.8 Å². The molecule has 2 aromatic heterocycles. The van der Waals surface area contributed by atoms with Gasteiger partial charge in [-0.15, -0.1) is 0 Å². The maximum Gasteiger partial charge on any atom is 0.187 e. The minimum Gasteiger partial charge on any atom is -0.383 e. The molecule has 3 rings (SSSR count). The second kappa shape index (κ2) is 5.13. The number of aromatic nitrogens is 2. The molecule has 2 atom stereocenters. The summed E-state index contributed by atoms with van der Waals surface area (Å²) in [6.07, 6.45) is 5.29. The van der Waals surface area contributed by atoms with E-state index in [-0.39, 0.29) is 5.78 Å². The van der Waals surface area contributed by atoms with E-state index in [0.717, 1.165) is 6.42 Å². The van der Waals surface area contributed by atoms with Gasteiger partial charge in [0, 0.05) is 12.4 Å². The van der Waals surface area contributed by atoms with E-state index in [2.05, 4.69) is 9.97 Å². The predicted octanol–water partition coefficient (Wildman–Crippen LogP) is 2.35. The third-order valence-electron chi connectivity index (χ3n) is 3.97. The van der Waals surface area contributed by atoms with Crippen molar-refractivity contribution in [3.05, 3.63) is 60.2 Å². The Morgan fingerprint density at radius 2 is 1.90 bits per heavy atom. The monoisotopic (exact) mass is 268 g/mol. The van der Waals surface area contributed by atoms with Crippen molar-refractivity contribution in [1.29, 1.82) is 0 Å². The van der Waals surface area contributed by atoms with Crippen molar-refractivity contribution in [2.75, 3.05) is 0 Å². The molecule has 4 nitrogen and oxygen atoms in total. The lowest BCUT2D eigenvalue weighted by Gasteiger charge is -2.28. The molecule has 0 amide bonds. The molecule has 0 radical (unpaired) electrons. The standard InChI is InChI=1S/C16H16N2O2/c19-15(13-7-1-3-10-17-13)12-6-5-9-16(12,20)14-8-2-4-11-18-14/h1-4,7-8,10-12,20H,5-6,9H2/t12-,16+/m0/s1. The van der Waals surface area contributed by atoms with Gasteiger partial charge >= 0.3 is 0 Å². The number of Topliss-reactive ketones (excluding diaryl/α,β-unsaturated/α-hetero) is 1. The lowest BCUT2D eigenvalue weighted by molar-refractivity contribution is -0.000621. The Morgan fingerprint density at radius 3 is 2.55 bits per heavy atom. The summed E-state index contributed by atoms with van der Waals surface area (Å²) in [6.45, 7) is 0. The highest BCUT2D eigenvalue weighted by atomic mass is 16.3. The molecule has 4 heteroatoms. The summed E-state index contributed by atoms with van der Waals surface area (Å²) in [4.78, 5) is 20.9. The van der Waals surface area contributed by atoms with Crippen LogP contribution in [0.3, 0.4) is 0 Å². The summed E-state index contributed by atoms with van der Waals surface area (Å²) < 4.78 is 0. The van der Waals surface area contributed by atoms with Crippen LogP contribution in [0.25, 0.3) is 0 Å². The predicted molar refractivity (Wildman–Crippen MR) is 74.0 cm³/mol. The van der Waals surface area contributed by atoms with Crippen molar-refractivity contribution >= 4 is 5.78 Å². The Balaban J connectivity index is 1.95. The average molecular weight is 268 g/mol. The molecule has 0 spiro atoms. The van der Waals surface area contributed by atoms with Crippen LogP contribution in [-0.2, 0) is 5.60 Å². The van der Waals surface area contributed by atoms with Crippen LogP contribution in [0, 0.1) is 5.92 Å². The zero-order valence-corrected chi connectivity index (χ0v) is 11.1. The fourth-order valence-corrected chi connectivity index (χ4v) is 2.95. The maximum atomic E-state index is 12.6. The van der Waals surface area contributed by atoms with Gasteiger partial charge in [-0.05, 0) is 43.5 Å². The summed E-state index contributed by atoms with van der Waals surface area (Å²) in [5, 5.41) is 10.9. The minimum atomic E-state index is -1.17. The molecule has 0 aromatic carbocycles. The molecule has 1 saturated carbocycles. The first kappa shape index (κ1) is 12.9. The molecule has 20 heavy (non-hydrogen) atoms. The topological polar surface area (TPSA) is 63.1 Å². The Labute approximate surface area is 117 Å². The lowest BCUT2D eigenvalue weighted by Crippen LogP contribution is -2.36. The number of carbonyl (C=O) groups excluding carboxylic acids is 1. The van der Waals surface area contributed by atoms with Crippen LogP contribution in [0.5, 0.6) is 0 Å². The molecular formula is C16H16N2O2. The molecule has 1 N–H and O–H groups in total. The van der Waals surface area contributed by atoms with Gasteiger partial charge in [-0.2, -0.15) is 0 Å². The molecule has 0 bridgehead atoms. The van der Waals surface area contributed by atoms with Gasteiger partial charge in [0.2, 0.25) is 0 Å². The molecule has 1 fully saturated rings. The summed E-state index contributed by atoms with van der Waals surface area (Å²) in [6, 6.07) is 10.7. The number of aliphatic hydroxyl groups is 1. The lowest BCUT2D eigenvalue weighted by atomic mass is 9.83. The highest BCUT2D eigenvalue weighted by Crippen LogP contribution is 2.44. The van der Waals surface area contributed by atoms with Crippen LogP contribution in [-0.4, -0.2) is 20.9 Å². The summed E-state index contributed by atoms with van der Waals surface area (Å²) in [5.74, 6) is -0.566. The van der Waals surface area contributed by atoms with E-state index in [1.807, 2.05) is 6.07 Å². The second-order valence-corrected chi connectivity index (χ2v) is 5.16. The SMILES string of the molecule is O=C(c1ccccn1)[C@@H]1CCC[C@]1(O)c1ccccn1. The number of nitrogens with zero attached hydrogens (tertiary/aromatic N) is 2. The Morgan fingerprint density at radius 1 is 1.15 bits per heavy atom. The van der Waals surface area contributed by atoms with E-state index in [1.54, 1.807) is 42.7 Å². The van der Waals surface area contributed by atoms with Gasteiger partial charge in [-0.25, -0.2) is 0 Å². The fraction of sp³-hybridized carbons (Fsp3) is 0.312. The molecule has 0 aliphatic heterocycles. The Bertz CT molecular complexity index is 600. The molecule has 2 heterocycles. The van der Waals surface area contributed by atoms with Gasteiger partial charge in [0.05, 0.1) is 11.6 Å². The van der Waals surface area contributed by atoms with Crippen molar-refractivity contribution in [2.45, 2.75) is 24.9 Å². The van der Waals surface area contributed by atoms with Crippen molar-refractivity contribution in [2.24, 2.45) is 5.92 Å². The van der Waals surface area contributed by atoms with Gasteiger partial charge in [0.25, 0.3) is 0 Å². The van der Waals surface area contributed by atoms with Crippen molar-refractivity contribution in [1.82, 2.24) is 9.97 Å². The van der Waals surface area contributed by atoms with Gasteiger partial charge in [-0.3, -0.25) is 14.8 Å². The number of ketones is 1. The number of pyridine rings is 2. The first-order valence-electron chi connectivity index (χ1n) is 6.81. The summed E-state index contributed by atoms with van der Waals surface area (Å²) in [5.41, 5.74) is -0.184. The normalized spacial score (nSPS) is 25.6. The highest BCUT2D eigenvalue weighted by molar-refractivity contribution is 5.97. The molecule has 1 aliphatic rings. The van der Waals surface area contributed by atoms with Gasteiger partial charge < -0.3 is 5.11 Å². The second-order valence-electron chi connectivity index (χ2n) is 5.16. The molecule has 1 aliphatic carbocycles. The molecular weight excluding hydrogens is 252 g/mol. The average Bonchev–Trinajstić information content (AvgIpc) is 2.91. The maximum absolute atomic E-state index is 12.6. The number of hydrogen-bond acceptors (Lipinski definition) is 4. The van der Waals surface area contributed by atoms with E-state index >= 15 is 0 Å². The van der Waals surface area contributed by atoms with Crippen molar-refractivity contribution in [3.63, 3.8) is 0 Å². The van der Waals surface area contributed by atoms with Crippen molar-refractivity contribution in [3.8, 4) is 0 Å². The highest BCUT2D eigenvalue weighted by Gasteiger charge is 2.47. The molecule has 102 valence electrons. The Hall–Kier alpha value is -2.07. The third kappa shape index (κ3) is 2.12. The van der Waals surface area contributed by atoms with E-state index in [0.29, 0.717) is 24.2 Å². The fourth-order valence-electron chi connectivity index (χ4n) is 2.95. The van der Waals surface area contributed by atoms with E-state index in [4.69, 9.17) is 0 Å². The van der Waals surface area contributed by atoms with E-state index in [1.165, 1.54) is 0 Å². The van der Waals surface area contributed by atoms with Gasteiger partial charge in [0.15, 0.2) is 5.78 Å². The zero-order chi connectivity index (χ0) is 14.0. The van der Waals surface area contributed by atoms with Crippen LogP contribution < -0.4 is 0 Å². The van der Waals surface area contributed by atoms with E-state index < -0.39 is 11.5 Å². The largest absolute Gasteiger partial charge is 0.383 e. The minimum absolute atomic E-state index is 0.101. The number of carbonyl (C=O) groups is 1. The smallest absolute Gasteiger partial charge is 0.187 e. The summed E-state index contributed by atoms with van der Waals surface area (Å²) >= 11 is 0. The van der Waals surface area contributed by atoms with Gasteiger partial charge in [0.1, 0.15) is 11.3 Å². The van der Waals surface area contributed by atoms with Crippen LogP contribution >= 0.6 is 0 Å². The Kier molecular flexibility index (Phi) is 3.32. The number of rotatable bonds is 3. The molecule has 0 saturated heterocycles. The van der Waals surface area contributed by atoms with Crippen LogP contribution in [0.1, 0.15) is 35.4 Å². The summed E-state index contributed by atoms with van der Waals surface area (Å²) in [7, 11) is 0. The third-order valence-corrected chi connectivity index (χ3v) is 3.97.